The first kappa shape index (κ1) is 16.2. The highest BCUT2D eigenvalue weighted by Gasteiger charge is 2.17. The van der Waals surface area contributed by atoms with E-state index < -0.39 is 11.9 Å². The van der Waals surface area contributed by atoms with Crippen LogP contribution in [0.5, 0.6) is 0 Å². The normalized spacial score (nSPS) is 12.1. The van der Waals surface area contributed by atoms with Crippen molar-refractivity contribution in [3.8, 4) is 0 Å². The summed E-state index contributed by atoms with van der Waals surface area (Å²) in [6.45, 7) is 2.16. The SMILES string of the molecule is CCCC(CNC(=O)CCc1cc(Br)cs1)C(=O)O. The van der Waals surface area contributed by atoms with E-state index >= 15 is 0 Å². The summed E-state index contributed by atoms with van der Waals surface area (Å²) in [5.74, 6) is -1.42. The van der Waals surface area contributed by atoms with E-state index in [0.717, 1.165) is 15.8 Å². The lowest BCUT2D eigenvalue weighted by Gasteiger charge is -2.12. The molecular formula is C13H18BrNO3S. The van der Waals surface area contributed by atoms with Crippen LogP contribution in [0.4, 0.5) is 0 Å². The first-order valence-electron chi connectivity index (χ1n) is 6.25. The molecule has 1 aromatic heterocycles. The number of nitrogens with one attached hydrogen (secondary N) is 1. The Labute approximate surface area is 125 Å². The molecule has 1 unspecified atom stereocenters. The summed E-state index contributed by atoms with van der Waals surface area (Å²) < 4.78 is 1.03. The summed E-state index contributed by atoms with van der Waals surface area (Å²) in [7, 11) is 0. The molecular weight excluding hydrogens is 330 g/mol. The Morgan fingerprint density at radius 2 is 2.26 bits per heavy atom. The second-order valence-corrected chi connectivity index (χ2v) is 6.27. The number of thiophene rings is 1. The van der Waals surface area contributed by atoms with Crippen LogP contribution in [0.3, 0.4) is 0 Å². The second-order valence-electron chi connectivity index (χ2n) is 4.36. The van der Waals surface area contributed by atoms with E-state index in [0.29, 0.717) is 19.3 Å². The van der Waals surface area contributed by atoms with Crippen LogP contribution in [0.15, 0.2) is 15.9 Å². The lowest BCUT2D eigenvalue weighted by molar-refractivity contribution is -0.141. The Kier molecular flexibility index (Phi) is 7.09. The minimum atomic E-state index is -0.843. The summed E-state index contributed by atoms with van der Waals surface area (Å²) in [5.41, 5.74) is 0. The second kappa shape index (κ2) is 8.32. The van der Waals surface area contributed by atoms with Crippen LogP contribution in [-0.4, -0.2) is 23.5 Å². The fourth-order valence-electron chi connectivity index (χ4n) is 1.71. The number of carboxylic acid groups (broad SMARTS) is 1. The Morgan fingerprint density at radius 1 is 1.53 bits per heavy atom. The molecule has 1 heterocycles. The van der Waals surface area contributed by atoms with Gasteiger partial charge in [-0.25, -0.2) is 0 Å². The van der Waals surface area contributed by atoms with Crippen LogP contribution < -0.4 is 5.32 Å². The van der Waals surface area contributed by atoms with Crippen LogP contribution in [0.2, 0.25) is 0 Å². The summed E-state index contributed by atoms with van der Waals surface area (Å²) in [5, 5.41) is 13.7. The van der Waals surface area contributed by atoms with Gasteiger partial charge in [-0.1, -0.05) is 13.3 Å². The minimum Gasteiger partial charge on any atom is -0.481 e. The van der Waals surface area contributed by atoms with Crippen molar-refractivity contribution in [2.75, 3.05) is 6.54 Å². The third-order valence-electron chi connectivity index (χ3n) is 2.75. The lowest BCUT2D eigenvalue weighted by atomic mass is 10.0. The quantitative estimate of drug-likeness (QED) is 0.759. The summed E-state index contributed by atoms with van der Waals surface area (Å²) >= 11 is 4.97. The Morgan fingerprint density at radius 3 is 2.79 bits per heavy atom. The van der Waals surface area contributed by atoms with Gasteiger partial charge in [0.05, 0.1) is 5.92 Å². The fourth-order valence-corrected chi connectivity index (χ4v) is 3.16. The van der Waals surface area contributed by atoms with Gasteiger partial charge in [0.1, 0.15) is 0 Å². The molecule has 106 valence electrons. The number of hydrogen-bond donors (Lipinski definition) is 2. The molecule has 0 radical (unpaired) electrons. The third kappa shape index (κ3) is 6.20. The van der Waals surface area contributed by atoms with Gasteiger partial charge in [0.15, 0.2) is 0 Å². The summed E-state index contributed by atoms with van der Waals surface area (Å²) in [6, 6.07) is 2.00. The monoisotopic (exact) mass is 347 g/mol. The minimum absolute atomic E-state index is 0.0909. The van der Waals surface area contributed by atoms with Gasteiger partial charge in [-0.15, -0.1) is 11.3 Å². The summed E-state index contributed by atoms with van der Waals surface area (Å²) in [6.07, 6.45) is 2.47. The largest absolute Gasteiger partial charge is 0.481 e. The first-order chi connectivity index (χ1) is 9.02. The van der Waals surface area contributed by atoms with Gasteiger partial charge in [-0.3, -0.25) is 9.59 Å². The number of hydrogen-bond acceptors (Lipinski definition) is 3. The van der Waals surface area contributed by atoms with Crippen molar-refractivity contribution in [2.24, 2.45) is 5.92 Å². The van der Waals surface area contributed by atoms with Crippen molar-refractivity contribution in [1.29, 1.82) is 0 Å². The van der Waals surface area contributed by atoms with E-state index in [1.54, 1.807) is 11.3 Å². The molecule has 1 amide bonds. The molecule has 19 heavy (non-hydrogen) atoms. The van der Waals surface area contributed by atoms with Crippen molar-refractivity contribution in [3.63, 3.8) is 0 Å². The standard InChI is InChI=1S/C13H18BrNO3S/c1-2-3-9(13(17)18)7-15-12(16)5-4-11-6-10(14)8-19-11/h6,8-9H,2-5,7H2,1H3,(H,15,16)(H,17,18). The van der Waals surface area contributed by atoms with Crippen LogP contribution in [0.1, 0.15) is 31.1 Å². The molecule has 0 aliphatic rings. The Bertz CT molecular complexity index is 433. The molecule has 4 nitrogen and oxygen atoms in total. The zero-order chi connectivity index (χ0) is 14.3. The average Bonchev–Trinajstić information content (AvgIpc) is 2.77. The molecule has 0 saturated carbocycles. The molecule has 1 aromatic rings. The maximum atomic E-state index is 11.6. The predicted molar refractivity (Wildman–Crippen MR) is 79.4 cm³/mol. The maximum Gasteiger partial charge on any atom is 0.308 e. The van der Waals surface area contributed by atoms with Gasteiger partial charge >= 0.3 is 5.97 Å². The topological polar surface area (TPSA) is 66.4 Å². The van der Waals surface area contributed by atoms with Gasteiger partial charge in [0.2, 0.25) is 5.91 Å². The number of aryl methyl sites for hydroxylation is 1. The van der Waals surface area contributed by atoms with Gasteiger partial charge in [-0.05, 0) is 34.8 Å². The molecule has 0 aliphatic carbocycles. The molecule has 6 heteroatoms. The van der Waals surface area contributed by atoms with E-state index in [-0.39, 0.29) is 12.5 Å². The zero-order valence-corrected chi connectivity index (χ0v) is 13.2. The van der Waals surface area contributed by atoms with Crippen molar-refractivity contribution >= 4 is 39.1 Å². The number of carboxylic acids is 1. The molecule has 0 aromatic carbocycles. The number of amides is 1. The van der Waals surface area contributed by atoms with Crippen molar-refractivity contribution in [3.05, 3.63) is 20.8 Å². The molecule has 0 bridgehead atoms. The van der Waals surface area contributed by atoms with Gasteiger partial charge in [0, 0.05) is 27.7 Å². The van der Waals surface area contributed by atoms with Crippen molar-refractivity contribution < 1.29 is 14.7 Å². The summed E-state index contributed by atoms with van der Waals surface area (Å²) in [4.78, 5) is 23.7. The molecule has 1 atom stereocenters. The van der Waals surface area contributed by atoms with E-state index in [9.17, 15) is 9.59 Å². The van der Waals surface area contributed by atoms with E-state index in [2.05, 4.69) is 21.2 Å². The van der Waals surface area contributed by atoms with Gasteiger partial charge in [-0.2, -0.15) is 0 Å². The highest BCUT2D eigenvalue weighted by Crippen LogP contribution is 2.20. The van der Waals surface area contributed by atoms with Crippen LogP contribution in [-0.2, 0) is 16.0 Å². The van der Waals surface area contributed by atoms with E-state index in [4.69, 9.17) is 5.11 Å². The predicted octanol–water partition coefficient (Wildman–Crippen LogP) is 3.06. The number of rotatable bonds is 8. The molecule has 1 rings (SSSR count). The highest BCUT2D eigenvalue weighted by molar-refractivity contribution is 9.10. The fraction of sp³-hybridized carbons (Fsp3) is 0.538. The number of aliphatic carboxylic acids is 1. The highest BCUT2D eigenvalue weighted by atomic mass is 79.9. The zero-order valence-electron chi connectivity index (χ0n) is 10.8. The smallest absolute Gasteiger partial charge is 0.308 e. The van der Waals surface area contributed by atoms with E-state index in [1.807, 2.05) is 18.4 Å². The van der Waals surface area contributed by atoms with Crippen LogP contribution in [0, 0.1) is 5.92 Å². The number of halogens is 1. The van der Waals surface area contributed by atoms with Crippen molar-refractivity contribution in [2.45, 2.75) is 32.6 Å². The molecule has 0 spiro atoms. The molecule has 2 N–H and O–H groups in total. The van der Waals surface area contributed by atoms with Gasteiger partial charge in [0.25, 0.3) is 0 Å². The third-order valence-corrected chi connectivity index (χ3v) is 4.51. The van der Waals surface area contributed by atoms with E-state index in [1.165, 1.54) is 0 Å². The van der Waals surface area contributed by atoms with Crippen LogP contribution in [0.25, 0.3) is 0 Å². The first-order valence-corrected chi connectivity index (χ1v) is 7.92. The van der Waals surface area contributed by atoms with Crippen molar-refractivity contribution in [1.82, 2.24) is 5.32 Å². The average molecular weight is 348 g/mol. The van der Waals surface area contributed by atoms with Gasteiger partial charge < -0.3 is 10.4 Å². The maximum absolute atomic E-state index is 11.6. The molecule has 0 aliphatic heterocycles. The Balaban J connectivity index is 2.28. The number of carbonyl (C=O) groups excluding carboxylic acids is 1. The number of carbonyl (C=O) groups is 2. The molecule has 0 fully saturated rings. The Hall–Kier alpha value is -0.880. The molecule has 0 saturated heterocycles. The lowest BCUT2D eigenvalue weighted by Crippen LogP contribution is -2.33. The van der Waals surface area contributed by atoms with Crippen LogP contribution >= 0.6 is 27.3 Å².